The van der Waals surface area contributed by atoms with Crippen molar-refractivity contribution >= 4 is 21.9 Å². The maximum absolute atomic E-state index is 13.7. The van der Waals surface area contributed by atoms with E-state index < -0.39 is 0 Å². The van der Waals surface area contributed by atoms with Gasteiger partial charge in [0.25, 0.3) is 0 Å². The van der Waals surface area contributed by atoms with Crippen molar-refractivity contribution in [3.05, 3.63) is 40.9 Å². The van der Waals surface area contributed by atoms with E-state index in [4.69, 9.17) is 5.73 Å². The fourth-order valence-electron chi connectivity index (χ4n) is 1.63. The van der Waals surface area contributed by atoms with Crippen molar-refractivity contribution in [1.29, 1.82) is 0 Å². The number of rotatable bonds is 5. The molecule has 0 radical (unpaired) electrons. The average molecular weight is 339 g/mol. The first-order chi connectivity index (χ1) is 9.60. The Labute approximate surface area is 125 Å². The summed E-state index contributed by atoms with van der Waals surface area (Å²) in [7, 11) is 0. The van der Waals surface area contributed by atoms with Crippen LogP contribution in [0.2, 0.25) is 0 Å². The molecule has 0 fully saturated rings. The number of nitrogens with two attached hydrogens (primary N) is 1. The summed E-state index contributed by atoms with van der Waals surface area (Å²) in [5.74, 6) is 0.569. The van der Waals surface area contributed by atoms with Gasteiger partial charge >= 0.3 is 0 Å². The van der Waals surface area contributed by atoms with E-state index in [1.54, 1.807) is 24.5 Å². The molecular formula is C14H16BrFN4. The van der Waals surface area contributed by atoms with Gasteiger partial charge in [0.1, 0.15) is 5.82 Å². The predicted octanol–water partition coefficient (Wildman–Crippen LogP) is 3.05. The lowest BCUT2D eigenvalue weighted by atomic mass is 10.1. The van der Waals surface area contributed by atoms with Crippen molar-refractivity contribution in [2.45, 2.75) is 6.92 Å². The fourth-order valence-corrected chi connectivity index (χ4v) is 1.99. The van der Waals surface area contributed by atoms with Crippen LogP contribution in [-0.2, 0) is 0 Å². The Kier molecular flexibility index (Phi) is 5.03. The van der Waals surface area contributed by atoms with E-state index in [2.05, 4.69) is 31.2 Å². The zero-order chi connectivity index (χ0) is 14.5. The van der Waals surface area contributed by atoms with Gasteiger partial charge < -0.3 is 11.1 Å². The average Bonchev–Trinajstić information content (AvgIpc) is 2.48. The molecule has 1 aromatic carbocycles. The SMILES string of the molecule is CC(CN)CNc1ncc(-c2cc(Br)ccc2F)cn1. The number of aromatic nitrogens is 2. The molecule has 106 valence electrons. The highest BCUT2D eigenvalue weighted by atomic mass is 79.9. The van der Waals surface area contributed by atoms with Gasteiger partial charge in [-0.1, -0.05) is 22.9 Å². The predicted molar refractivity (Wildman–Crippen MR) is 81.8 cm³/mol. The van der Waals surface area contributed by atoms with Crippen LogP contribution in [0.25, 0.3) is 11.1 Å². The van der Waals surface area contributed by atoms with Crippen molar-refractivity contribution in [1.82, 2.24) is 9.97 Å². The van der Waals surface area contributed by atoms with Gasteiger partial charge in [-0.3, -0.25) is 0 Å². The van der Waals surface area contributed by atoms with Crippen LogP contribution >= 0.6 is 15.9 Å². The van der Waals surface area contributed by atoms with Crippen LogP contribution in [0.1, 0.15) is 6.92 Å². The van der Waals surface area contributed by atoms with E-state index in [0.717, 1.165) is 4.47 Å². The number of benzene rings is 1. The Morgan fingerprint density at radius 3 is 2.70 bits per heavy atom. The first kappa shape index (κ1) is 14.9. The van der Waals surface area contributed by atoms with Crippen molar-refractivity contribution in [2.24, 2.45) is 11.7 Å². The molecule has 2 rings (SSSR count). The quantitative estimate of drug-likeness (QED) is 0.879. The summed E-state index contributed by atoms with van der Waals surface area (Å²) in [6, 6.07) is 4.77. The van der Waals surface area contributed by atoms with Crippen LogP contribution in [0.3, 0.4) is 0 Å². The standard InChI is InChI=1S/C14H16BrFN4/c1-9(5-17)6-18-14-19-7-10(8-20-14)12-4-11(15)2-3-13(12)16/h2-4,7-9H,5-6,17H2,1H3,(H,18,19,20). The molecule has 4 nitrogen and oxygen atoms in total. The van der Waals surface area contributed by atoms with Crippen LogP contribution < -0.4 is 11.1 Å². The second kappa shape index (κ2) is 6.76. The smallest absolute Gasteiger partial charge is 0.222 e. The molecule has 1 heterocycles. The van der Waals surface area contributed by atoms with E-state index in [-0.39, 0.29) is 5.82 Å². The van der Waals surface area contributed by atoms with Gasteiger partial charge in [-0.2, -0.15) is 0 Å². The van der Waals surface area contributed by atoms with Gasteiger partial charge in [0.15, 0.2) is 0 Å². The Bertz CT molecular complexity index is 574. The second-order valence-electron chi connectivity index (χ2n) is 4.64. The summed E-state index contributed by atoms with van der Waals surface area (Å²) in [6.45, 7) is 3.35. The zero-order valence-electron chi connectivity index (χ0n) is 11.1. The molecule has 0 saturated carbocycles. The highest BCUT2D eigenvalue weighted by Gasteiger charge is 2.07. The van der Waals surface area contributed by atoms with Crippen LogP contribution in [0.5, 0.6) is 0 Å². The van der Waals surface area contributed by atoms with Gasteiger partial charge in [0.2, 0.25) is 5.95 Å². The van der Waals surface area contributed by atoms with Crippen LogP contribution in [0.4, 0.5) is 10.3 Å². The second-order valence-corrected chi connectivity index (χ2v) is 5.56. The summed E-state index contributed by atoms with van der Waals surface area (Å²) in [5, 5.41) is 3.09. The van der Waals surface area contributed by atoms with E-state index >= 15 is 0 Å². The van der Waals surface area contributed by atoms with Gasteiger partial charge in [-0.05, 0) is 30.7 Å². The van der Waals surface area contributed by atoms with Crippen molar-refractivity contribution < 1.29 is 4.39 Å². The molecule has 0 amide bonds. The van der Waals surface area contributed by atoms with Gasteiger partial charge in [0, 0.05) is 34.5 Å². The molecule has 1 atom stereocenters. The number of halogens is 2. The van der Waals surface area contributed by atoms with Gasteiger partial charge in [-0.25, -0.2) is 14.4 Å². The lowest BCUT2D eigenvalue weighted by Crippen LogP contribution is -2.20. The molecule has 0 aliphatic heterocycles. The monoisotopic (exact) mass is 338 g/mol. The van der Waals surface area contributed by atoms with E-state index in [0.29, 0.717) is 36.1 Å². The lowest BCUT2D eigenvalue weighted by molar-refractivity contribution is 0.625. The highest BCUT2D eigenvalue weighted by Crippen LogP contribution is 2.25. The van der Waals surface area contributed by atoms with Crippen molar-refractivity contribution in [2.75, 3.05) is 18.4 Å². The summed E-state index contributed by atoms with van der Waals surface area (Å²) >= 11 is 3.33. The number of anilines is 1. The van der Waals surface area contributed by atoms with E-state index in [1.165, 1.54) is 6.07 Å². The third-order valence-corrected chi connectivity index (χ3v) is 3.40. The summed E-state index contributed by atoms with van der Waals surface area (Å²) in [6.07, 6.45) is 3.21. The van der Waals surface area contributed by atoms with Crippen molar-refractivity contribution in [3.8, 4) is 11.1 Å². The Morgan fingerprint density at radius 1 is 1.35 bits per heavy atom. The van der Waals surface area contributed by atoms with E-state index in [1.807, 2.05) is 6.92 Å². The van der Waals surface area contributed by atoms with Crippen LogP contribution in [0.15, 0.2) is 35.1 Å². The van der Waals surface area contributed by atoms with Crippen LogP contribution in [0, 0.1) is 11.7 Å². The molecule has 0 bridgehead atoms. The molecule has 2 aromatic rings. The molecule has 20 heavy (non-hydrogen) atoms. The zero-order valence-corrected chi connectivity index (χ0v) is 12.7. The molecule has 1 aromatic heterocycles. The largest absolute Gasteiger partial charge is 0.354 e. The van der Waals surface area contributed by atoms with Crippen LogP contribution in [-0.4, -0.2) is 23.1 Å². The fraction of sp³-hybridized carbons (Fsp3) is 0.286. The van der Waals surface area contributed by atoms with Crippen molar-refractivity contribution in [3.63, 3.8) is 0 Å². The van der Waals surface area contributed by atoms with Gasteiger partial charge in [0.05, 0.1) is 0 Å². The molecule has 1 unspecified atom stereocenters. The summed E-state index contributed by atoms with van der Waals surface area (Å²) in [4.78, 5) is 8.37. The first-order valence-electron chi connectivity index (χ1n) is 6.31. The molecule has 0 saturated heterocycles. The third kappa shape index (κ3) is 3.74. The van der Waals surface area contributed by atoms with E-state index in [9.17, 15) is 4.39 Å². The number of hydrogen-bond donors (Lipinski definition) is 2. The maximum atomic E-state index is 13.7. The first-order valence-corrected chi connectivity index (χ1v) is 7.11. The summed E-state index contributed by atoms with van der Waals surface area (Å²) in [5.41, 5.74) is 6.65. The molecule has 0 spiro atoms. The molecule has 0 aliphatic rings. The number of hydrogen-bond acceptors (Lipinski definition) is 4. The Morgan fingerprint density at radius 2 is 2.05 bits per heavy atom. The third-order valence-electron chi connectivity index (χ3n) is 2.90. The lowest BCUT2D eigenvalue weighted by Gasteiger charge is -2.10. The number of nitrogens with zero attached hydrogens (tertiary/aromatic N) is 2. The topological polar surface area (TPSA) is 63.8 Å². The molecule has 0 aliphatic carbocycles. The highest BCUT2D eigenvalue weighted by molar-refractivity contribution is 9.10. The minimum atomic E-state index is -0.297. The van der Waals surface area contributed by atoms with Gasteiger partial charge in [-0.15, -0.1) is 0 Å². The summed E-state index contributed by atoms with van der Waals surface area (Å²) < 4.78 is 14.6. The molecule has 3 N–H and O–H groups in total. The Balaban J connectivity index is 2.13. The Hall–Kier alpha value is -1.53. The minimum Gasteiger partial charge on any atom is -0.354 e. The molecule has 6 heteroatoms. The minimum absolute atomic E-state index is 0.297. The molecular weight excluding hydrogens is 323 g/mol. The normalized spacial score (nSPS) is 12.2. The number of nitrogens with one attached hydrogen (secondary N) is 1. The maximum Gasteiger partial charge on any atom is 0.222 e.